The van der Waals surface area contributed by atoms with Crippen molar-refractivity contribution in [1.29, 1.82) is 0 Å². The van der Waals surface area contributed by atoms with Crippen LogP contribution < -0.4 is 4.74 Å². The fourth-order valence-electron chi connectivity index (χ4n) is 4.52. The third-order valence-corrected chi connectivity index (χ3v) is 5.97. The molecule has 0 saturated carbocycles. The summed E-state index contributed by atoms with van der Waals surface area (Å²) in [4.78, 5) is 23.1. The molecule has 2 fully saturated rings. The Labute approximate surface area is 185 Å². The van der Waals surface area contributed by atoms with Gasteiger partial charge in [0, 0.05) is 30.8 Å². The lowest BCUT2D eigenvalue weighted by atomic mass is 9.91. The highest BCUT2D eigenvalue weighted by Crippen LogP contribution is 2.41. The second kappa shape index (κ2) is 7.91. The molecule has 2 saturated heterocycles. The molecule has 2 aliphatic rings. The minimum absolute atomic E-state index is 0.0412. The van der Waals surface area contributed by atoms with Crippen molar-refractivity contribution < 1.29 is 31.6 Å². The summed E-state index contributed by atoms with van der Waals surface area (Å²) in [5.74, 6) is -0.511. The molecular weight excluding hydrogens is 444 g/mol. The highest BCUT2D eigenvalue weighted by molar-refractivity contribution is 6.05. The minimum Gasteiger partial charge on any atom is -0.458 e. The average Bonchev–Trinajstić information content (AvgIpc) is 3.48. The topological polar surface area (TPSA) is 81.3 Å². The molecule has 2 aromatic heterocycles. The van der Waals surface area contributed by atoms with E-state index in [2.05, 4.69) is 15.1 Å². The molecule has 0 spiro atoms. The van der Waals surface area contributed by atoms with Crippen LogP contribution in [-0.4, -0.2) is 44.6 Å². The number of carbonyl (C=O) groups is 1. The number of pyridine rings is 1. The van der Waals surface area contributed by atoms with Gasteiger partial charge in [-0.1, -0.05) is 17.3 Å². The summed E-state index contributed by atoms with van der Waals surface area (Å²) >= 11 is 0. The lowest BCUT2D eigenvalue weighted by Gasteiger charge is -2.31. The highest BCUT2D eigenvalue weighted by atomic mass is 19.4. The van der Waals surface area contributed by atoms with Crippen LogP contribution in [0.1, 0.15) is 34.6 Å². The number of rotatable bonds is 5. The number of hydrogen-bond acceptors (Lipinski definition) is 7. The third kappa shape index (κ3) is 3.97. The van der Waals surface area contributed by atoms with Crippen LogP contribution in [0.25, 0.3) is 11.5 Å². The molecule has 0 amide bonds. The monoisotopic (exact) mass is 462 g/mol. The summed E-state index contributed by atoms with van der Waals surface area (Å²) in [6, 6.07) is 5.66. The van der Waals surface area contributed by atoms with E-state index in [0.717, 1.165) is 12.1 Å². The van der Waals surface area contributed by atoms with E-state index in [4.69, 9.17) is 9.26 Å². The Morgan fingerprint density at radius 2 is 2.03 bits per heavy atom. The normalized spacial score (nSPS) is 24.3. The second-order valence-electron chi connectivity index (χ2n) is 8.18. The maximum atomic E-state index is 14.7. The Balaban J connectivity index is 1.38. The van der Waals surface area contributed by atoms with Gasteiger partial charge in [0.15, 0.2) is 17.8 Å². The van der Waals surface area contributed by atoms with Gasteiger partial charge in [-0.15, -0.1) is 0 Å². The van der Waals surface area contributed by atoms with Gasteiger partial charge in [-0.3, -0.25) is 9.69 Å². The molecule has 7 nitrogen and oxygen atoms in total. The predicted molar refractivity (Wildman–Crippen MR) is 106 cm³/mol. The van der Waals surface area contributed by atoms with Gasteiger partial charge in [0.2, 0.25) is 5.88 Å². The number of alkyl halides is 3. The van der Waals surface area contributed by atoms with Gasteiger partial charge in [0.1, 0.15) is 5.82 Å². The molecule has 2 aliphatic heterocycles. The van der Waals surface area contributed by atoms with Gasteiger partial charge in [-0.05, 0) is 31.4 Å². The van der Waals surface area contributed by atoms with Gasteiger partial charge >= 0.3 is 6.18 Å². The highest BCUT2D eigenvalue weighted by Gasteiger charge is 2.49. The smallest absolute Gasteiger partial charge is 0.417 e. The zero-order valence-electron chi connectivity index (χ0n) is 17.3. The SMILES string of the molecule is Cc1noc(-c2c(F)cccc2C(=O)C2C[C@@H]3C[C@@H](Oc4ccc(C(F)(F)F)cn4)N2C3)n1. The fourth-order valence-corrected chi connectivity index (χ4v) is 4.52. The van der Waals surface area contributed by atoms with Crippen LogP contribution in [0.2, 0.25) is 0 Å². The number of aromatic nitrogens is 3. The van der Waals surface area contributed by atoms with Crippen LogP contribution in [0.4, 0.5) is 17.6 Å². The number of piperidine rings is 1. The first kappa shape index (κ1) is 21.5. The van der Waals surface area contributed by atoms with Crippen molar-refractivity contribution in [3.05, 3.63) is 59.3 Å². The number of ether oxygens (including phenoxy) is 1. The molecule has 1 aromatic carbocycles. The summed E-state index contributed by atoms with van der Waals surface area (Å²) in [6.07, 6.45) is -3.11. The molecule has 172 valence electrons. The van der Waals surface area contributed by atoms with E-state index in [9.17, 15) is 22.4 Å². The molecule has 3 aromatic rings. The summed E-state index contributed by atoms with van der Waals surface area (Å²) in [7, 11) is 0. The Morgan fingerprint density at radius 3 is 2.67 bits per heavy atom. The summed E-state index contributed by atoms with van der Waals surface area (Å²) in [5.41, 5.74) is -0.789. The van der Waals surface area contributed by atoms with Crippen molar-refractivity contribution in [2.45, 2.75) is 38.2 Å². The Hall–Kier alpha value is -3.34. The zero-order chi connectivity index (χ0) is 23.3. The number of Topliss-reactive ketones (excluding diaryl/α,β-unsaturated/α-hetero) is 1. The van der Waals surface area contributed by atoms with Crippen LogP contribution in [0.5, 0.6) is 5.88 Å². The lowest BCUT2D eigenvalue weighted by molar-refractivity contribution is -0.137. The maximum absolute atomic E-state index is 14.7. The molecule has 33 heavy (non-hydrogen) atoms. The maximum Gasteiger partial charge on any atom is 0.417 e. The van der Waals surface area contributed by atoms with Crippen molar-refractivity contribution in [2.24, 2.45) is 5.92 Å². The van der Waals surface area contributed by atoms with Crippen molar-refractivity contribution in [2.75, 3.05) is 6.54 Å². The first-order valence-corrected chi connectivity index (χ1v) is 10.3. The molecule has 4 heterocycles. The Kier molecular flexibility index (Phi) is 5.15. The lowest BCUT2D eigenvalue weighted by Crippen LogP contribution is -2.45. The quantitative estimate of drug-likeness (QED) is 0.414. The summed E-state index contributed by atoms with van der Waals surface area (Å²) in [5, 5.41) is 3.68. The van der Waals surface area contributed by atoms with Crippen LogP contribution in [0.3, 0.4) is 0 Å². The molecular formula is C22H18F4N4O3. The van der Waals surface area contributed by atoms with Gasteiger partial charge < -0.3 is 9.26 Å². The van der Waals surface area contributed by atoms with Gasteiger partial charge in [0.05, 0.1) is 17.2 Å². The van der Waals surface area contributed by atoms with Crippen molar-refractivity contribution in [3.63, 3.8) is 0 Å². The number of fused-ring (bicyclic) bond motifs is 2. The number of hydrogen-bond donors (Lipinski definition) is 0. The molecule has 4 atom stereocenters. The number of halogens is 4. The standard InChI is InChI=1S/C22H18F4N4O3/c1-11-28-21(33-29-11)19-14(3-2-4-15(19)23)20(31)16-7-12-8-18(30(16)10-12)32-17-6-5-13(9-27-17)22(24,25)26/h2-6,9,12,16,18H,7-8,10H2,1H3/t12-,16?,18-/m1/s1. The second-order valence-corrected chi connectivity index (χ2v) is 8.18. The van der Waals surface area contributed by atoms with E-state index >= 15 is 0 Å². The van der Waals surface area contributed by atoms with Gasteiger partial charge in [0.25, 0.3) is 5.89 Å². The van der Waals surface area contributed by atoms with E-state index in [1.807, 2.05) is 4.90 Å². The number of benzene rings is 1. The van der Waals surface area contributed by atoms with Crippen molar-refractivity contribution in [1.82, 2.24) is 20.0 Å². The van der Waals surface area contributed by atoms with Crippen LogP contribution >= 0.6 is 0 Å². The molecule has 0 N–H and O–H groups in total. The van der Waals surface area contributed by atoms with E-state index in [0.29, 0.717) is 31.4 Å². The molecule has 11 heteroatoms. The number of ketones is 1. The Morgan fingerprint density at radius 1 is 1.21 bits per heavy atom. The first-order valence-electron chi connectivity index (χ1n) is 10.3. The number of aryl methyl sites for hydroxylation is 1. The van der Waals surface area contributed by atoms with Crippen molar-refractivity contribution in [3.8, 4) is 17.3 Å². The van der Waals surface area contributed by atoms with Gasteiger partial charge in [-0.2, -0.15) is 18.2 Å². The molecule has 0 radical (unpaired) electrons. The van der Waals surface area contributed by atoms with Crippen LogP contribution in [0.15, 0.2) is 41.1 Å². The molecule has 2 bridgehead atoms. The minimum atomic E-state index is -4.49. The third-order valence-electron chi connectivity index (χ3n) is 5.97. The fraction of sp³-hybridized carbons (Fsp3) is 0.364. The van der Waals surface area contributed by atoms with E-state index in [-0.39, 0.29) is 34.6 Å². The number of carbonyl (C=O) groups excluding carboxylic acids is 1. The summed E-state index contributed by atoms with van der Waals surface area (Å²) < 4.78 is 63.9. The van der Waals surface area contributed by atoms with Crippen LogP contribution in [0, 0.1) is 18.7 Å². The molecule has 2 unspecified atom stereocenters. The Bertz CT molecular complexity index is 1200. The van der Waals surface area contributed by atoms with Gasteiger partial charge in [-0.25, -0.2) is 9.37 Å². The molecule has 0 aliphatic carbocycles. The van der Waals surface area contributed by atoms with Crippen molar-refractivity contribution >= 4 is 5.78 Å². The summed E-state index contributed by atoms with van der Waals surface area (Å²) in [6.45, 7) is 2.18. The average molecular weight is 462 g/mol. The zero-order valence-corrected chi connectivity index (χ0v) is 17.3. The van der Waals surface area contributed by atoms with E-state index in [1.54, 1.807) is 6.92 Å². The molecule has 5 rings (SSSR count). The van der Waals surface area contributed by atoms with E-state index in [1.165, 1.54) is 18.2 Å². The largest absolute Gasteiger partial charge is 0.458 e. The first-order chi connectivity index (χ1) is 15.7. The number of nitrogens with zero attached hydrogens (tertiary/aromatic N) is 4. The van der Waals surface area contributed by atoms with Crippen LogP contribution in [-0.2, 0) is 6.18 Å². The van der Waals surface area contributed by atoms with E-state index < -0.39 is 29.8 Å². The predicted octanol–water partition coefficient (Wildman–Crippen LogP) is 4.28.